The summed E-state index contributed by atoms with van der Waals surface area (Å²) in [5.41, 5.74) is 2.19. The van der Waals surface area contributed by atoms with E-state index in [4.69, 9.17) is 0 Å². The standard InChI is InChI=1S/C19H23F3N4O/c1-13-17(14(2)24(3)23-13)18(27)26-9-7-25(8-10-26)12-15-5-4-6-16(11-15)19(20,21)22/h4-6,11H,7-10,12H2,1-3H3. The summed E-state index contributed by atoms with van der Waals surface area (Å²) >= 11 is 0. The van der Waals surface area contributed by atoms with E-state index in [1.807, 2.05) is 20.9 Å². The summed E-state index contributed by atoms with van der Waals surface area (Å²) in [6.07, 6.45) is -4.33. The Hall–Kier alpha value is -2.35. The van der Waals surface area contributed by atoms with Crippen molar-refractivity contribution in [2.45, 2.75) is 26.6 Å². The van der Waals surface area contributed by atoms with Crippen molar-refractivity contribution in [1.29, 1.82) is 0 Å². The summed E-state index contributed by atoms with van der Waals surface area (Å²) in [7, 11) is 1.81. The zero-order chi connectivity index (χ0) is 19.8. The van der Waals surface area contributed by atoms with Crippen molar-refractivity contribution in [3.05, 3.63) is 52.3 Å². The van der Waals surface area contributed by atoms with Gasteiger partial charge in [0.15, 0.2) is 0 Å². The lowest BCUT2D eigenvalue weighted by molar-refractivity contribution is -0.137. The second-order valence-corrected chi connectivity index (χ2v) is 6.94. The first-order valence-electron chi connectivity index (χ1n) is 8.85. The molecule has 0 saturated carbocycles. The Kier molecular flexibility index (Phi) is 5.28. The van der Waals surface area contributed by atoms with E-state index in [-0.39, 0.29) is 5.91 Å². The molecule has 1 aromatic carbocycles. The number of carbonyl (C=O) groups excluding carboxylic acids is 1. The smallest absolute Gasteiger partial charge is 0.336 e. The number of piperazine rings is 1. The van der Waals surface area contributed by atoms with Crippen molar-refractivity contribution in [2.75, 3.05) is 26.2 Å². The predicted octanol–water partition coefficient (Wildman–Crippen LogP) is 3.01. The molecule has 146 valence electrons. The largest absolute Gasteiger partial charge is 0.416 e. The second-order valence-electron chi connectivity index (χ2n) is 6.94. The van der Waals surface area contributed by atoms with Crippen LogP contribution in [0.4, 0.5) is 13.2 Å². The minimum Gasteiger partial charge on any atom is -0.336 e. The van der Waals surface area contributed by atoms with Gasteiger partial charge in [-0.3, -0.25) is 14.4 Å². The Balaban J connectivity index is 1.62. The number of rotatable bonds is 3. The van der Waals surface area contributed by atoms with Crippen LogP contribution < -0.4 is 0 Å². The Morgan fingerprint density at radius 1 is 1.15 bits per heavy atom. The maximum absolute atomic E-state index is 12.9. The lowest BCUT2D eigenvalue weighted by atomic mass is 10.1. The summed E-state index contributed by atoms with van der Waals surface area (Å²) in [5.74, 6) is -0.0307. The van der Waals surface area contributed by atoms with Gasteiger partial charge in [-0.05, 0) is 25.5 Å². The van der Waals surface area contributed by atoms with E-state index in [1.54, 1.807) is 15.6 Å². The highest BCUT2D eigenvalue weighted by Gasteiger charge is 2.31. The number of hydrogen-bond acceptors (Lipinski definition) is 3. The highest BCUT2D eigenvalue weighted by atomic mass is 19.4. The fraction of sp³-hybridized carbons (Fsp3) is 0.474. The molecule has 1 saturated heterocycles. The number of carbonyl (C=O) groups is 1. The van der Waals surface area contributed by atoms with Gasteiger partial charge >= 0.3 is 6.18 Å². The second kappa shape index (κ2) is 7.34. The van der Waals surface area contributed by atoms with Crippen LogP contribution in [0.1, 0.15) is 32.9 Å². The van der Waals surface area contributed by atoms with Crippen LogP contribution >= 0.6 is 0 Å². The number of aromatic nitrogens is 2. The lowest BCUT2D eigenvalue weighted by Crippen LogP contribution is -2.48. The van der Waals surface area contributed by atoms with E-state index < -0.39 is 11.7 Å². The predicted molar refractivity (Wildman–Crippen MR) is 95.3 cm³/mol. The van der Waals surface area contributed by atoms with Gasteiger partial charge in [0.2, 0.25) is 0 Å². The first-order chi connectivity index (χ1) is 12.7. The van der Waals surface area contributed by atoms with E-state index in [1.165, 1.54) is 12.1 Å². The Morgan fingerprint density at radius 3 is 2.37 bits per heavy atom. The average Bonchev–Trinajstić information content (AvgIpc) is 2.87. The third-order valence-electron chi connectivity index (χ3n) is 5.04. The molecular formula is C19H23F3N4O. The molecule has 0 unspecified atom stereocenters. The molecule has 1 aliphatic heterocycles. The quantitative estimate of drug-likeness (QED) is 0.822. The van der Waals surface area contributed by atoms with E-state index in [0.29, 0.717) is 49.5 Å². The Labute approximate surface area is 156 Å². The van der Waals surface area contributed by atoms with Crippen molar-refractivity contribution < 1.29 is 18.0 Å². The van der Waals surface area contributed by atoms with Crippen molar-refractivity contribution >= 4 is 5.91 Å². The fourth-order valence-corrected chi connectivity index (χ4v) is 3.45. The van der Waals surface area contributed by atoms with Crippen LogP contribution in [0, 0.1) is 13.8 Å². The monoisotopic (exact) mass is 380 g/mol. The molecule has 0 bridgehead atoms. The van der Waals surface area contributed by atoms with Gasteiger partial charge in [0.25, 0.3) is 5.91 Å². The Morgan fingerprint density at radius 2 is 1.81 bits per heavy atom. The van der Waals surface area contributed by atoms with E-state index >= 15 is 0 Å². The minimum atomic E-state index is -4.33. The molecule has 0 spiro atoms. The zero-order valence-electron chi connectivity index (χ0n) is 15.7. The molecule has 5 nitrogen and oxygen atoms in total. The molecule has 2 aromatic rings. The molecule has 27 heavy (non-hydrogen) atoms. The van der Waals surface area contributed by atoms with Crippen LogP contribution in [0.2, 0.25) is 0 Å². The average molecular weight is 380 g/mol. The van der Waals surface area contributed by atoms with Gasteiger partial charge in [-0.15, -0.1) is 0 Å². The summed E-state index contributed by atoms with van der Waals surface area (Å²) in [6, 6.07) is 5.42. The number of alkyl halides is 3. The van der Waals surface area contributed by atoms with Gasteiger partial charge in [0.1, 0.15) is 0 Å². The maximum Gasteiger partial charge on any atom is 0.416 e. The van der Waals surface area contributed by atoms with E-state index in [0.717, 1.165) is 11.8 Å². The number of aryl methyl sites for hydroxylation is 2. The third kappa shape index (κ3) is 4.16. The summed E-state index contributed by atoms with van der Waals surface area (Å²) in [5, 5.41) is 4.29. The van der Waals surface area contributed by atoms with Crippen LogP contribution in [-0.4, -0.2) is 51.7 Å². The van der Waals surface area contributed by atoms with Crippen molar-refractivity contribution in [3.8, 4) is 0 Å². The lowest BCUT2D eigenvalue weighted by Gasteiger charge is -2.35. The van der Waals surface area contributed by atoms with Gasteiger partial charge in [0, 0.05) is 45.5 Å². The molecule has 0 N–H and O–H groups in total. The molecule has 1 fully saturated rings. The number of amides is 1. The van der Waals surface area contributed by atoms with Gasteiger partial charge < -0.3 is 4.90 Å². The number of halogens is 3. The molecule has 0 aliphatic carbocycles. The first kappa shape index (κ1) is 19.4. The van der Waals surface area contributed by atoms with E-state index in [9.17, 15) is 18.0 Å². The van der Waals surface area contributed by atoms with Crippen LogP contribution in [-0.2, 0) is 19.8 Å². The fourth-order valence-electron chi connectivity index (χ4n) is 3.45. The summed E-state index contributed by atoms with van der Waals surface area (Å²) in [4.78, 5) is 16.7. The zero-order valence-corrected chi connectivity index (χ0v) is 15.7. The Bertz CT molecular complexity index is 836. The summed E-state index contributed by atoms with van der Waals surface area (Å²) < 4.78 is 40.3. The molecule has 3 rings (SSSR count). The minimum absolute atomic E-state index is 0.0307. The molecule has 0 atom stereocenters. The molecular weight excluding hydrogens is 357 g/mol. The van der Waals surface area contributed by atoms with Gasteiger partial charge in [-0.2, -0.15) is 18.3 Å². The number of benzene rings is 1. The van der Waals surface area contributed by atoms with Crippen molar-refractivity contribution in [2.24, 2.45) is 7.05 Å². The van der Waals surface area contributed by atoms with Gasteiger partial charge in [-0.1, -0.05) is 18.2 Å². The molecule has 2 heterocycles. The highest BCUT2D eigenvalue weighted by molar-refractivity contribution is 5.96. The highest BCUT2D eigenvalue weighted by Crippen LogP contribution is 2.29. The van der Waals surface area contributed by atoms with Crippen LogP contribution in [0.25, 0.3) is 0 Å². The maximum atomic E-state index is 12.9. The third-order valence-corrected chi connectivity index (χ3v) is 5.04. The van der Waals surface area contributed by atoms with Crippen molar-refractivity contribution in [1.82, 2.24) is 19.6 Å². The molecule has 8 heteroatoms. The number of hydrogen-bond donors (Lipinski definition) is 0. The van der Waals surface area contributed by atoms with Gasteiger partial charge in [0.05, 0.1) is 16.8 Å². The first-order valence-corrected chi connectivity index (χ1v) is 8.85. The van der Waals surface area contributed by atoms with Crippen LogP contribution in [0.3, 0.4) is 0 Å². The van der Waals surface area contributed by atoms with E-state index in [2.05, 4.69) is 10.00 Å². The molecule has 1 aliphatic rings. The normalized spacial score (nSPS) is 16.0. The van der Waals surface area contributed by atoms with Crippen LogP contribution in [0.15, 0.2) is 24.3 Å². The molecule has 1 amide bonds. The SMILES string of the molecule is Cc1nn(C)c(C)c1C(=O)N1CCN(Cc2cccc(C(F)(F)F)c2)CC1. The topological polar surface area (TPSA) is 41.4 Å². The molecule has 1 aromatic heterocycles. The van der Waals surface area contributed by atoms with Crippen molar-refractivity contribution in [3.63, 3.8) is 0 Å². The summed E-state index contributed by atoms with van der Waals surface area (Å²) in [6.45, 7) is 6.48. The molecule has 0 radical (unpaired) electrons. The van der Waals surface area contributed by atoms with Gasteiger partial charge in [-0.25, -0.2) is 0 Å². The number of nitrogens with zero attached hydrogens (tertiary/aromatic N) is 4. The van der Waals surface area contributed by atoms with Crippen LogP contribution in [0.5, 0.6) is 0 Å².